The number of hydrogen-bond acceptors (Lipinski definition) is 8. The zero-order chi connectivity index (χ0) is 26.4. The molecule has 1 aromatic heterocycles. The van der Waals surface area contributed by atoms with E-state index >= 15 is 0 Å². The van der Waals surface area contributed by atoms with Gasteiger partial charge in [0, 0.05) is 16.3 Å². The number of ether oxygens (including phenoxy) is 4. The summed E-state index contributed by atoms with van der Waals surface area (Å²) in [6.45, 7) is 5.57. The van der Waals surface area contributed by atoms with Crippen LogP contribution >= 0.6 is 0 Å². The van der Waals surface area contributed by atoms with E-state index in [1.807, 2.05) is 6.07 Å². The Kier molecular flexibility index (Phi) is 7.88. The van der Waals surface area contributed by atoms with Crippen molar-refractivity contribution in [1.82, 2.24) is 0 Å². The van der Waals surface area contributed by atoms with Gasteiger partial charge >= 0.3 is 17.9 Å². The third-order valence-corrected chi connectivity index (χ3v) is 5.48. The lowest BCUT2D eigenvalue weighted by Gasteiger charge is -2.13. The molecule has 0 amide bonds. The van der Waals surface area contributed by atoms with Gasteiger partial charge in [-0.25, -0.2) is 14.4 Å². The van der Waals surface area contributed by atoms with Crippen LogP contribution in [-0.4, -0.2) is 37.7 Å². The summed E-state index contributed by atoms with van der Waals surface area (Å²) in [6, 6.07) is 16.0. The van der Waals surface area contributed by atoms with Crippen molar-refractivity contribution in [2.75, 3.05) is 19.8 Å². The van der Waals surface area contributed by atoms with E-state index in [1.54, 1.807) is 69.3 Å². The highest BCUT2D eigenvalue weighted by Gasteiger charge is 2.32. The van der Waals surface area contributed by atoms with Crippen molar-refractivity contribution in [2.45, 2.75) is 20.8 Å². The Bertz CT molecular complexity index is 1480. The summed E-state index contributed by atoms with van der Waals surface area (Å²) in [5, 5.41) is 1.24. The van der Waals surface area contributed by atoms with Gasteiger partial charge in [0.2, 0.25) is 0 Å². The molecule has 0 saturated carbocycles. The van der Waals surface area contributed by atoms with Crippen molar-refractivity contribution in [3.8, 4) is 17.1 Å². The fraction of sp³-hybridized carbons (Fsp3) is 0.207. The van der Waals surface area contributed by atoms with E-state index in [4.69, 9.17) is 23.4 Å². The van der Waals surface area contributed by atoms with Gasteiger partial charge < -0.3 is 23.4 Å². The molecule has 1 heterocycles. The molecule has 0 saturated heterocycles. The molecule has 0 spiro atoms. The summed E-state index contributed by atoms with van der Waals surface area (Å²) < 4.78 is 27.9. The summed E-state index contributed by atoms with van der Waals surface area (Å²) in [7, 11) is 0. The highest BCUT2D eigenvalue weighted by Crippen LogP contribution is 2.46. The van der Waals surface area contributed by atoms with Crippen LogP contribution < -0.4 is 4.74 Å². The summed E-state index contributed by atoms with van der Waals surface area (Å²) in [4.78, 5) is 38.4. The van der Waals surface area contributed by atoms with Crippen molar-refractivity contribution in [1.29, 1.82) is 0 Å². The molecule has 0 aliphatic heterocycles. The van der Waals surface area contributed by atoms with Crippen molar-refractivity contribution in [2.24, 2.45) is 0 Å². The van der Waals surface area contributed by atoms with Gasteiger partial charge in [-0.1, -0.05) is 54.6 Å². The molecule has 0 unspecified atom stereocenters. The minimum atomic E-state index is -0.649. The summed E-state index contributed by atoms with van der Waals surface area (Å²) in [5.41, 5.74) is 0.966. The van der Waals surface area contributed by atoms with E-state index in [1.165, 1.54) is 6.26 Å². The quantitative estimate of drug-likeness (QED) is 0.118. The predicted octanol–water partition coefficient (Wildman–Crippen LogP) is 6.06. The molecule has 0 atom stereocenters. The maximum absolute atomic E-state index is 13.3. The molecule has 37 heavy (non-hydrogen) atoms. The Labute approximate surface area is 213 Å². The fourth-order valence-electron chi connectivity index (χ4n) is 4.05. The average molecular weight is 503 g/mol. The van der Waals surface area contributed by atoms with Crippen LogP contribution in [0.3, 0.4) is 0 Å². The van der Waals surface area contributed by atoms with E-state index in [9.17, 15) is 14.4 Å². The standard InChI is InChI=1S/C29H26O8/c1-4-33-21(30)16-17-36-26-20-15-11-10-14-19(20)22(28(31)34-5-2)27-23(26)24(29(32)35-6-3)25(37-27)18-12-8-7-9-13-18/h7-17H,4-6H2,1-3H3/b17-16+. The van der Waals surface area contributed by atoms with E-state index in [0.717, 1.165) is 6.08 Å². The van der Waals surface area contributed by atoms with E-state index in [2.05, 4.69) is 0 Å². The number of esters is 3. The highest BCUT2D eigenvalue weighted by atomic mass is 16.5. The predicted molar refractivity (Wildman–Crippen MR) is 137 cm³/mol. The Hall–Kier alpha value is -4.59. The molecular formula is C29H26O8. The normalized spacial score (nSPS) is 11.1. The summed E-state index contributed by atoms with van der Waals surface area (Å²) in [6.07, 6.45) is 2.30. The topological polar surface area (TPSA) is 101 Å². The maximum Gasteiger partial charge on any atom is 0.342 e. The lowest BCUT2D eigenvalue weighted by Crippen LogP contribution is -2.08. The van der Waals surface area contributed by atoms with Crippen molar-refractivity contribution >= 4 is 39.6 Å². The second-order valence-electron chi connectivity index (χ2n) is 7.74. The number of benzene rings is 3. The third kappa shape index (κ3) is 5.04. The molecule has 0 aliphatic carbocycles. The fourth-order valence-corrected chi connectivity index (χ4v) is 4.05. The van der Waals surface area contributed by atoms with Crippen molar-refractivity contribution in [3.05, 3.63) is 78.1 Å². The van der Waals surface area contributed by atoms with Crippen LogP contribution in [0.4, 0.5) is 0 Å². The second-order valence-corrected chi connectivity index (χ2v) is 7.74. The minimum absolute atomic E-state index is 0.0962. The zero-order valence-electron chi connectivity index (χ0n) is 20.7. The Morgan fingerprint density at radius 3 is 2.00 bits per heavy atom. The molecule has 0 fully saturated rings. The van der Waals surface area contributed by atoms with Gasteiger partial charge in [-0.3, -0.25) is 0 Å². The van der Waals surface area contributed by atoms with Gasteiger partial charge in [-0.05, 0) is 20.8 Å². The number of fused-ring (bicyclic) bond motifs is 2. The first-order chi connectivity index (χ1) is 18.0. The maximum atomic E-state index is 13.3. The lowest BCUT2D eigenvalue weighted by atomic mass is 9.97. The molecule has 190 valence electrons. The molecule has 4 aromatic rings. The molecule has 8 nitrogen and oxygen atoms in total. The third-order valence-electron chi connectivity index (χ3n) is 5.48. The van der Waals surface area contributed by atoms with Crippen molar-refractivity contribution < 1.29 is 37.7 Å². The molecular weight excluding hydrogens is 476 g/mol. The lowest BCUT2D eigenvalue weighted by molar-refractivity contribution is -0.137. The Morgan fingerprint density at radius 1 is 0.757 bits per heavy atom. The van der Waals surface area contributed by atoms with Crippen LogP contribution in [0.1, 0.15) is 41.5 Å². The zero-order valence-corrected chi connectivity index (χ0v) is 20.7. The molecule has 4 rings (SSSR count). The van der Waals surface area contributed by atoms with Crippen LogP contribution in [0.5, 0.6) is 5.75 Å². The van der Waals surface area contributed by atoms with E-state index in [-0.39, 0.29) is 53.4 Å². The Balaban J connectivity index is 2.12. The smallest absolute Gasteiger partial charge is 0.342 e. The molecule has 0 N–H and O–H groups in total. The largest absolute Gasteiger partial charge is 0.463 e. The SMILES string of the molecule is CCOC(=O)/C=C/Oc1c2ccccc2c(C(=O)OCC)c2oc(-c3ccccc3)c(C(=O)OCC)c12. The number of rotatable bonds is 9. The van der Waals surface area contributed by atoms with Crippen LogP contribution in [0.15, 0.2) is 71.4 Å². The molecule has 8 heteroatoms. The number of hydrogen-bond donors (Lipinski definition) is 0. The Morgan fingerprint density at radius 2 is 1.35 bits per heavy atom. The van der Waals surface area contributed by atoms with Crippen LogP contribution in [0.25, 0.3) is 33.1 Å². The van der Waals surface area contributed by atoms with Gasteiger partial charge in [0.1, 0.15) is 22.6 Å². The monoisotopic (exact) mass is 502 g/mol. The van der Waals surface area contributed by atoms with Gasteiger partial charge in [0.05, 0.1) is 37.5 Å². The summed E-state index contributed by atoms with van der Waals surface area (Å²) in [5.74, 6) is -1.42. The van der Waals surface area contributed by atoms with E-state index < -0.39 is 17.9 Å². The van der Waals surface area contributed by atoms with E-state index in [0.29, 0.717) is 16.3 Å². The number of carbonyl (C=O) groups is 3. The second kappa shape index (κ2) is 11.4. The van der Waals surface area contributed by atoms with Crippen LogP contribution in [-0.2, 0) is 19.0 Å². The molecule has 0 aliphatic rings. The minimum Gasteiger partial charge on any atom is -0.463 e. The van der Waals surface area contributed by atoms with Crippen LogP contribution in [0.2, 0.25) is 0 Å². The first-order valence-electron chi connectivity index (χ1n) is 11.9. The number of carbonyl (C=O) groups excluding carboxylic acids is 3. The highest BCUT2D eigenvalue weighted by molar-refractivity contribution is 6.23. The number of furan rings is 1. The van der Waals surface area contributed by atoms with Crippen molar-refractivity contribution in [3.63, 3.8) is 0 Å². The van der Waals surface area contributed by atoms with Gasteiger partial charge in [-0.2, -0.15) is 0 Å². The molecule has 3 aromatic carbocycles. The first kappa shape index (κ1) is 25.5. The average Bonchev–Trinajstić information content (AvgIpc) is 3.29. The van der Waals surface area contributed by atoms with Gasteiger partial charge in [0.15, 0.2) is 5.58 Å². The molecule has 0 radical (unpaired) electrons. The van der Waals surface area contributed by atoms with Gasteiger partial charge in [0.25, 0.3) is 0 Å². The molecule has 0 bridgehead atoms. The van der Waals surface area contributed by atoms with Crippen LogP contribution in [0, 0.1) is 0 Å². The first-order valence-corrected chi connectivity index (χ1v) is 11.9. The van der Waals surface area contributed by atoms with Gasteiger partial charge in [-0.15, -0.1) is 0 Å². The summed E-state index contributed by atoms with van der Waals surface area (Å²) >= 11 is 0.